The molecular formula is C18H20O6. The molecule has 6 nitrogen and oxygen atoms in total. The summed E-state index contributed by atoms with van der Waals surface area (Å²) in [4.78, 5) is 0. The van der Waals surface area contributed by atoms with Gasteiger partial charge in [-0.15, -0.1) is 0 Å². The highest BCUT2D eigenvalue weighted by Gasteiger charge is 2.38. The van der Waals surface area contributed by atoms with Gasteiger partial charge in [-0.05, 0) is 47.7 Å². The molecule has 6 heteroatoms. The number of rotatable bonds is 4. The highest BCUT2D eigenvalue weighted by Crippen LogP contribution is 2.42. The van der Waals surface area contributed by atoms with E-state index in [0.717, 1.165) is 5.56 Å². The van der Waals surface area contributed by atoms with Crippen LogP contribution in [0.4, 0.5) is 0 Å². The summed E-state index contributed by atoms with van der Waals surface area (Å²) in [6, 6.07) is 9.17. The number of phenols is 4. The standard InChI is InChI=1S/C18H20O6/c19-8-13-12(5-10-1-3-14(20)16(22)6-10)9-24-18(13)11-2-4-15(21)17(23)7-11/h1-4,6-7,12-13,18-23H,5,8-9H2/t12-,13-,18+/m1/s1. The van der Waals surface area contributed by atoms with E-state index >= 15 is 0 Å². The average molecular weight is 332 g/mol. The second-order valence-electron chi connectivity index (χ2n) is 6.14. The normalized spacial score (nSPS) is 23.5. The molecule has 1 aliphatic heterocycles. The Kier molecular flexibility index (Phi) is 4.51. The quantitative estimate of drug-likeness (QED) is 0.548. The molecule has 1 saturated heterocycles. The highest BCUT2D eigenvalue weighted by atomic mass is 16.5. The van der Waals surface area contributed by atoms with E-state index < -0.39 is 0 Å². The van der Waals surface area contributed by atoms with Crippen LogP contribution < -0.4 is 0 Å². The third-order valence-electron chi connectivity index (χ3n) is 4.56. The topological polar surface area (TPSA) is 110 Å². The lowest BCUT2D eigenvalue weighted by atomic mass is 9.84. The molecule has 24 heavy (non-hydrogen) atoms. The van der Waals surface area contributed by atoms with Crippen LogP contribution in [0.1, 0.15) is 17.2 Å². The molecule has 128 valence electrons. The van der Waals surface area contributed by atoms with Crippen molar-refractivity contribution >= 4 is 0 Å². The van der Waals surface area contributed by atoms with Crippen LogP contribution in [-0.2, 0) is 11.2 Å². The molecule has 0 spiro atoms. The monoisotopic (exact) mass is 332 g/mol. The van der Waals surface area contributed by atoms with Gasteiger partial charge in [-0.2, -0.15) is 0 Å². The minimum atomic E-state index is -0.378. The predicted octanol–water partition coefficient (Wildman–Crippen LogP) is 2.05. The summed E-state index contributed by atoms with van der Waals surface area (Å²) in [5, 5.41) is 47.9. The lowest BCUT2D eigenvalue weighted by molar-refractivity contribution is 0.0717. The zero-order valence-electron chi connectivity index (χ0n) is 13.0. The predicted molar refractivity (Wildman–Crippen MR) is 86.0 cm³/mol. The number of ether oxygens (including phenoxy) is 1. The van der Waals surface area contributed by atoms with E-state index in [-0.39, 0.29) is 47.5 Å². The molecule has 0 unspecified atom stereocenters. The fourth-order valence-corrected chi connectivity index (χ4v) is 3.24. The van der Waals surface area contributed by atoms with E-state index in [9.17, 15) is 25.5 Å². The molecular weight excluding hydrogens is 312 g/mol. The lowest BCUT2D eigenvalue weighted by Crippen LogP contribution is -2.21. The van der Waals surface area contributed by atoms with Crippen molar-refractivity contribution in [2.24, 2.45) is 11.8 Å². The van der Waals surface area contributed by atoms with Crippen molar-refractivity contribution in [1.82, 2.24) is 0 Å². The molecule has 1 heterocycles. The molecule has 0 radical (unpaired) electrons. The van der Waals surface area contributed by atoms with Gasteiger partial charge in [0.1, 0.15) is 0 Å². The summed E-state index contributed by atoms with van der Waals surface area (Å²) in [7, 11) is 0. The Bertz CT molecular complexity index is 729. The van der Waals surface area contributed by atoms with Crippen molar-refractivity contribution in [3.63, 3.8) is 0 Å². The van der Waals surface area contributed by atoms with E-state index in [1.165, 1.54) is 24.3 Å². The average Bonchev–Trinajstić information content (AvgIpc) is 2.96. The van der Waals surface area contributed by atoms with Crippen LogP contribution >= 0.6 is 0 Å². The Balaban J connectivity index is 1.78. The molecule has 2 aromatic rings. The summed E-state index contributed by atoms with van der Waals surface area (Å²) in [6.07, 6.45) is 0.205. The number of hydrogen-bond donors (Lipinski definition) is 5. The molecule has 0 aromatic heterocycles. The van der Waals surface area contributed by atoms with Crippen LogP contribution in [0.3, 0.4) is 0 Å². The molecule has 3 rings (SSSR count). The molecule has 0 bridgehead atoms. The summed E-state index contributed by atoms with van der Waals surface area (Å²) in [6.45, 7) is 0.347. The van der Waals surface area contributed by atoms with Crippen LogP contribution in [0, 0.1) is 11.8 Å². The molecule has 0 amide bonds. The van der Waals surface area contributed by atoms with Gasteiger partial charge < -0.3 is 30.3 Å². The zero-order valence-corrected chi connectivity index (χ0v) is 13.0. The summed E-state index contributed by atoms with van der Waals surface area (Å²) < 4.78 is 5.81. The van der Waals surface area contributed by atoms with E-state index in [2.05, 4.69) is 0 Å². The molecule has 1 fully saturated rings. The summed E-state index contributed by atoms with van der Waals surface area (Å²) in [5.41, 5.74) is 1.53. The van der Waals surface area contributed by atoms with Crippen molar-refractivity contribution in [2.45, 2.75) is 12.5 Å². The van der Waals surface area contributed by atoms with Crippen molar-refractivity contribution < 1.29 is 30.3 Å². The van der Waals surface area contributed by atoms with Gasteiger partial charge in [-0.25, -0.2) is 0 Å². The molecule has 1 aliphatic rings. The molecule has 5 N–H and O–H groups in total. The first kappa shape index (κ1) is 16.4. The summed E-state index contributed by atoms with van der Waals surface area (Å²) in [5.74, 6) is -0.914. The zero-order chi connectivity index (χ0) is 17.3. The third-order valence-corrected chi connectivity index (χ3v) is 4.56. The second kappa shape index (κ2) is 6.59. The van der Waals surface area contributed by atoms with E-state index in [0.29, 0.717) is 18.6 Å². The van der Waals surface area contributed by atoms with Gasteiger partial charge in [0.2, 0.25) is 0 Å². The van der Waals surface area contributed by atoms with E-state index in [4.69, 9.17) is 4.74 Å². The van der Waals surface area contributed by atoms with Gasteiger partial charge in [0.15, 0.2) is 23.0 Å². The SMILES string of the molecule is OC[C@@H]1[C@H](Cc2ccc(O)c(O)c2)CO[C@H]1c1ccc(O)c(O)c1. The number of benzene rings is 2. The first-order valence-electron chi connectivity index (χ1n) is 7.74. The maximum absolute atomic E-state index is 9.79. The number of phenolic OH excluding ortho intramolecular Hbond substituents is 4. The molecule has 0 aliphatic carbocycles. The second-order valence-corrected chi connectivity index (χ2v) is 6.14. The number of hydrogen-bond acceptors (Lipinski definition) is 6. The Morgan fingerprint density at radius 3 is 2.17 bits per heavy atom. The van der Waals surface area contributed by atoms with Crippen molar-refractivity contribution in [2.75, 3.05) is 13.2 Å². The van der Waals surface area contributed by atoms with Crippen LogP contribution in [-0.4, -0.2) is 38.7 Å². The van der Waals surface area contributed by atoms with Gasteiger partial charge in [0.25, 0.3) is 0 Å². The Morgan fingerprint density at radius 2 is 1.54 bits per heavy atom. The number of aliphatic hydroxyl groups excluding tert-OH is 1. The molecule has 3 atom stereocenters. The van der Waals surface area contributed by atoms with E-state index in [1.807, 2.05) is 0 Å². The van der Waals surface area contributed by atoms with Crippen LogP contribution in [0.15, 0.2) is 36.4 Å². The third kappa shape index (κ3) is 3.11. The first-order valence-corrected chi connectivity index (χ1v) is 7.74. The lowest BCUT2D eigenvalue weighted by Gasteiger charge is -2.21. The van der Waals surface area contributed by atoms with Gasteiger partial charge in [0, 0.05) is 12.5 Å². The Labute approximate surface area is 139 Å². The van der Waals surface area contributed by atoms with Gasteiger partial charge in [0.05, 0.1) is 12.7 Å². The van der Waals surface area contributed by atoms with Crippen LogP contribution in [0.5, 0.6) is 23.0 Å². The van der Waals surface area contributed by atoms with Gasteiger partial charge >= 0.3 is 0 Å². The Hall–Kier alpha value is -2.44. The number of aliphatic hydroxyl groups is 1. The minimum Gasteiger partial charge on any atom is -0.504 e. The maximum atomic E-state index is 9.79. The smallest absolute Gasteiger partial charge is 0.157 e. The Morgan fingerprint density at radius 1 is 0.875 bits per heavy atom. The van der Waals surface area contributed by atoms with E-state index in [1.54, 1.807) is 12.1 Å². The van der Waals surface area contributed by atoms with Crippen molar-refractivity contribution in [3.8, 4) is 23.0 Å². The fourth-order valence-electron chi connectivity index (χ4n) is 3.24. The minimum absolute atomic E-state index is 0.0277. The molecule has 0 saturated carbocycles. The van der Waals surface area contributed by atoms with Crippen molar-refractivity contribution in [1.29, 1.82) is 0 Å². The van der Waals surface area contributed by atoms with Crippen molar-refractivity contribution in [3.05, 3.63) is 47.5 Å². The first-order chi connectivity index (χ1) is 11.5. The van der Waals surface area contributed by atoms with Crippen LogP contribution in [0.2, 0.25) is 0 Å². The van der Waals surface area contributed by atoms with Gasteiger partial charge in [-0.3, -0.25) is 0 Å². The maximum Gasteiger partial charge on any atom is 0.157 e. The van der Waals surface area contributed by atoms with Gasteiger partial charge in [-0.1, -0.05) is 12.1 Å². The van der Waals surface area contributed by atoms with Crippen LogP contribution in [0.25, 0.3) is 0 Å². The molecule has 2 aromatic carbocycles. The fraction of sp³-hybridized carbons (Fsp3) is 0.333. The summed E-state index contributed by atoms with van der Waals surface area (Å²) >= 11 is 0. The largest absolute Gasteiger partial charge is 0.504 e. The highest BCUT2D eigenvalue weighted by molar-refractivity contribution is 5.42. The number of aromatic hydroxyl groups is 4.